The van der Waals surface area contributed by atoms with Crippen molar-refractivity contribution < 1.29 is 48.9 Å². The molecule has 5 N–H and O–H groups in total. The molecule has 34 heavy (non-hydrogen) atoms. The van der Waals surface area contributed by atoms with Crippen LogP contribution in [0.2, 0.25) is 0 Å². The molecule has 1 fully saturated rings. The average molecular weight is 476 g/mol. The van der Waals surface area contributed by atoms with Gasteiger partial charge in [-0.25, -0.2) is 0 Å². The molecule has 182 valence electrons. The topological polar surface area (TPSA) is 168 Å². The maximum atomic E-state index is 13.1. The zero-order chi connectivity index (χ0) is 24.6. The Bertz CT molecular complexity index is 1220. The van der Waals surface area contributed by atoms with Crippen molar-refractivity contribution in [1.29, 1.82) is 0 Å². The second-order valence-electron chi connectivity index (χ2n) is 7.65. The van der Waals surface area contributed by atoms with Crippen LogP contribution in [-0.2, 0) is 4.74 Å². The van der Waals surface area contributed by atoms with Crippen molar-refractivity contribution in [2.45, 2.75) is 30.7 Å². The van der Waals surface area contributed by atoms with Crippen LogP contribution in [0.25, 0.3) is 22.1 Å². The van der Waals surface area contributed by atoms with Gasteiger partial charge < -0.3 is 48.9 Å². The molecule has 1 aliphatic rings. The van der Waals surface area contributed by atoms with Crippen LogP contribution in [0.1, 0.15) is 0 Å². The number of aliphatic hydroxyl groups is 4. The van der Waals surface area contributed by atoms with Gasteiger partial charge in [0.2, 0.25) is 17.5 Å². The number of phenolic OH excluding ortho intramolecular Hbond substituents is 1. The number of fused-ring (bicyclic) bond motifs is 1. The summed E-state index contributed by atoms with van der Waals surface area (Å²) in [7, 11) is 2.73. The minimum absolute atomic E-state index is 0.00252. The third-order valence-corrected chi connectivity index (χ3v) is 5.65. The van der Waals surface area contributed by atoms with E-state index in [9.17, 15) is 30.3 Å². The first kappa shape index (κ1) is 23.8. The highest BCUT2D eigenvalue weighted by molar-refractivity contribution is 5.91. The molecular formula is C23H24O11. The molecule has 3 aromatic rings. The van der Waals surface area contributed by atoms with Crippen molar-refractivity contribution in [1.82, 2.24) is 0 Å². The van der Waals surface area contributed by atoms with Crippen LogP contribution in [0, 0.1) is 0 Å². The molecule has 0 amide bonds. The fraction of sp³-hybridized carbons (Fsp3) is 0.348. The van der Waals surface area contributed by atoms with Crippen LogP contribution in [0.15, 0.2) is 45.8 Å². The van der Waals surface area contributed by atoms with Gasteiger partial charge in [-0.05, 0) is 17.7 Å². The molecule has 0 bridgehead atoms. The highest BCUT2D eigenvalue weighted by Gasteiger charge is 2.44. The van der Waals surface area contributed by atoms with Gasteiger partial charge in [-0.1, -0.05) is 12.1 Å². The molecule has 0 saturated carbocycles. The Morgan fingerprint density at radius 1 is 1.00 bits per heavy atom. The number of hydrogen-bond donors (Lipinski definition) is 5. The van der Waals surface area contributed by atoms with E-state index in [0.717, 1.165) is 0 Å². The van der Waals surface area contributed by atoms with Gasteiger partial charge in [0.1, 0.15) is 47.4 Å². The second-order valence-corrected chi connectivity index (χ2v) is 7.65. The van der Waals surface area contributed by atoms with Gasteiger partial charge in [0.05, 0.1) is 26.4 Å². The van der Waals surface area contributed by atoms with Gasteiger partial charge in [-0.2, -0.15) is 0 Å². The van der Waals surface area contributed by atoms with Gasteiger partial charge in [0.25, 0.3) is 0 Å². The highest BCUT2D eigenvalue weighted by atomic mass is 16.7. The van der Waals surface area contributed by atoms with Crippen LogP contribution in [0.4, 0.5) is 0 Å². The molecular weight excluding hydrogens is 452 g/mol. The molecule has 4 rings (SSSR count). The summed E-state index contributed by atoms with van der Waals surface area (Å²) in [6, 6.07) is 7.53. The zero-order valence-corrected chi connectivity index (χ0v) is 18.2. The standard InChI is InChI=1S/C23H24O11/c1-30-14-7-13-16(19(27)22(14)31-2)17(25)12(9-32-13)10-3-5-11(6-4-10)33-23-21(29)20(28)18(26)15(8-24)34-23/h3-7,9,15,18,20-21,23-24,26-29H,8H2,1-2H3/t15?,18-,20?,21?,23-/m0/s1. The van der Waals surface area contributed by atoms with Crippen LogP contribution in [0.3, 0.4) is 0 Å². The summed E-state index contributed by atoms with van der Waals surface area (Å²) < 4.78 is 26.7. The lowest BCUT2D eigenvalue weighted by Crippen LogP contribution is -2.60. The Kier molecular flexibility index (Phi) is 6.64. The van der Waals surface area contributed by atoms with E-state index in [0.29, 0.717) is 5.56 Å². The average Bonchev–Trinajstić information content (AvgIpc) is 2.84. The molecule has 0 radical (unpaired) electrons. The first-order chi connectivity index (χ1) is 16.3. The molecule has 5 atom stereocenters. The summed E-state index contributed by atoms with van der Waals surface area (Å²) in [6.45, 7) is -0.578. The molecule has 1 aromatic heterocycles. The number of ether oxygens (including phenoxy) is 4. The van der Waals surface area contributed by atoms with Crippen LogP contribution in [-0.4, -0.2) is 77.1 Å². The first-order valence-electron chi connectivity index (χ1n) is 10.3. The molecule has 1 saturated heterocycles. The molecule has 2 heterocycles. The van der Waals surface area contributed by atoms with Crippen molar-refractivity contribution in [2.75, 3.05) is 20.8 Å². The largest absolute Gasteiger partial charge is 0.504 e. The predicted octanol–water partition coefficient (Wildman–Crippen LogP) is 0.361. The molecule has 0 spiro atoms. The van der Waals surface area contributed by atoms with Crippen LogP contribution in [0.5, 0.6) is 23.0 Å². The van der Waals surface area contributed by atoms with Crippen molar-refractivity contribution in [3.05, 3.63) is 46.8 Å². The van der Waals surface area contributed by atoms with Gasteiger partial charge in [-0.15, -0.1) is 0 Å². The molecule has 11 nitrogen and oxygen atoms in total. The van der Waals surface area contributed by atoms with Gasteiger partial charge >= 0.3 is 0 Å². The zero-order valence-electron chi connectivity index (χ0n) is 18.2. The van der Waals surface area contributed by atoms with E-state index < -0.39 is 48.5 Å². The lowest BCUT2D eigenvalue weighted by molar-refractivity contribution is -0.277. The first-order valence-corrected chi connectivity index (χ1v) is 10.3. The summed E-state index contributed by atoms with van der Waals surface area (Å²) in [6.07, 6.45) is -5.81. The van der Waals surface area contributed by atoms with Crippen molar-refractivity contribution in [3.8, 4) is 34.1 Å². The van der Waals surface area contributed by atoms with E-state index >= 15 is 0 Å². The maximum Gasteiger partial charge on any atom is 0.229 e. The fourth-order valence-electron chi connectivity index (χ4n) is 3.79. The van der Waals surface area contributed by atoms with Crippen LogP contribution >= 0.6 is 0 Å². The number of hydrogen-bond acceptors (Lipinski definition) is 11. The van der Waals surface area contributed by atoms with E-state index in [-0.39, 0.29) is 33.8 Å². The second kappa shape index (κ2) is 9.49. The van der Waals surface area contributed by atoms with Gasteiger partial charge in [-0.3, -0.25) is 4.79 Å². The number of methoxy groups -OCH3 is 2. The Balaban J connectivity index is 1.63. The summed E-state index contributed by atoms with van der Waals surface area (Å²) in [5, 5.41) is 49.7. The van der Waals surface area contributed by atoms with Crippen molar-refractivity contribution in [2.24, 2.45) is 0 Å². The Morgan fingerprint density at radius 3 is 2.32 bits per heavy atom. The third kappa shape index (κ3) is 4.04. The van der Waals surface area contributed by atoms with E-state index in [2.05, 4.69) is 0 Å². The molecule has 0 aliphatic carbocycles. The van der Waals surface area contributed by atoms with Crippen molar-refractivity contribution in [3.63, 3.8) is 0 Å². The minimum atomic E-state index is -1.57. The summed E-state index contributed by atoms with van der Waals surface area (Å²) >= 11 is 0. The lowest BCUT2D eigenvalue weighted by Gasteiger charge is -2.39. The fourth-order valence-corrected chi connectivity index (χ4v) is 3.79. The summed E-state index contributed by atoms with van der Waals surface area (Å²) in [5.74, 6) is 0.0309. The number of aliphatic hydroxyl groups excluding tert-OH is 4. The Hall–Kier alpha value is -3.35. The third-order valence-electron chi connectivity index (χ3n) is 5.65. The quantitative estimate of drug-likeness (QED) is 0.333. The molecule has 11 heteroatoms. The van der Waals surface area contributed by atoms with E-state index in [1.165, 1.54) is 38.7 Å². The molecule has 2 aromatic carbocycles. The Morgan fingerprint density at radius 2 is 1.71 bits per heavy atom. The van der Waals surface area contributed by atoms with E-state index in [1.54, 1.807) is 12.1 Å². The van der Waals surface area contributed by atoms with E-state index in [4.69, 9.17) is 23.4 Å². The predicted molar refractivity (Wildman–Crippen MR) is 117 cm³/mol. The van der Waals surface area contributed by atoms with Crippen LogP contribution < -0.4 is 19.6 Å². The van der Waals surface area contributed by atoms with E-state index in [1.807, 2.05) is 0 Å². The van der Waals surface area contributed by atoms with Gasteiger partial charge in [0.15, 0.2) is 11.5 Å². The summed E-state index contributed by atoms with van der Waals surface area (Å²) in [4.78, 5) is 13.1. The number of rotatable bonds is 6. The number of benzene rings is 2. The van der Waals surface area contributed by atoms with Crippen molar-refractivity contribution >= 4 is 11.0 Å². The van der Waals surface area contributed by atoms with Gasteiger partial charge in [0, 0.05) is 6.07 Å². The maximum absolute atomic E-state index is 13.1. The number of phenols is 1. The smallest absolute Gasteiger partial charge is 0.229 e. The molecule has 1 aliphatic heterocycles. The summed E-state index contributed by atoms with van der Waals surface area (Å²) in [5.41, 5.74) is 0.231. The lowest BCUT2D eigenvalue weighted by atomic mass is 9.99. The number of aromatic hydroxyl groups is 1. The monoisotopic (exact) mass is 476 g/mol. The minimum Gasteiger partial charge on any atom is -0.504 e. The highest BCUT2D eigenvalue weighted by Crippen LogP contribution is 2.41. The Labute approximate surface area is 192 Å². The SMILES string of the molecule is COc1cc2occ(-c3ccc(O[C@H]4OC(CO)[C@H](O)C(O)C4O)cc3)c(=O)c2c(O)c1OC. The molecule has 3 unspecified atom stereocenters. The normalized spacial score (nSPS) is 24.7.